The Kier molecular flexibility index (Phi) is 16.1. The smallest absolute Gasteiger partial charge is 0.306 e. The maximum absolute atomic E-state index is 12.6. The van der Waals surface area contributed by atoms with Crippen LogP contribution in [0.25, 0.3) is 21.5 Å². The highest BCUT2D eigenvalue weighted by molar-refractivity contribution is 6.11. The molecule has 0 aromatic heterocycles. The van der Waals surface area contributed by atoms with E-state index < -0.39 is 12.2 Å². The average molecular weight is 639 g/mol. The van der Waals surface area contributed by atoms with E-state index >= 15 is 0 Å². The lowest BCUT2D eigenvalue weighted by Crippen LogP contribution is -2.30. The van der Waals surface area contributed by atoms with E-state index in [-0.39, 0.29) is 38.4 Å². The number of ether oxygens (including phenoxy) is 6. The number of methoxy groups -OCH3 is 2. The van der Waals surface area contributed by atoms with Gasteiger partial charge in [-0.3, -0.25) is 9.59 Å². The summed E-state index contributed by atoms with van der Waals surface area (Å²) in [5, 5.41) is 3.50. The van der Waals surface area contributed by atoms with Crippen molar-refractivity contribution in [3.63, 3.8) is 0 Å². The van der Waals surface area contributed by atoms with Crippen LogP contribution < -0.4 is 9.47 Å². The highest BCUT2D eigenvalue weighted by Gasteiger charge is 2.22. The van der Waals surface area contributed by atoms with Gasteiger partial charge in [0.15, 0.2) is 12.2 Å². The number of esters is 2. The number of carbonyl (C=O) groups is 2. The lowest BCUT2D eigenvalue weighted by molar-refractivity contribution is -0.154. The predicted octanol–water partition coefficient (Wildman–Crippen LogP) is 8.42. The number of hydrogen-bond acceptors (Lipinski definition) is 8. The summed E-state index contributed by atoms with van der Waals surface area (Å²) in [4.78, 5) is 25.2. The molecule has 0 saturated carbocycles. The van der Waals surface area contributed by atoms with Gasteiger partial charge < -0.3 is 28.4 Å². The summed E-state index contributed by atoms with van der Waals surface area (Å²) in [6.45, 7) is 9.10. The summed E-state index contributed by atoms with van der Waals surface area (Å²) in [5.74, 6) is 0.902. The zero-order chi connectivity index (χ0) is 33.3. The zero-order valence-electron chi connectivity index (χ0n) is 28.8. The van der Waals surface area contributed by atoms with Crippen LogP contribution in [0.4, 0.5) is 0 Å². The molecule has 0 fully saturated rings. The molecule has 0 N–H and O–H groups in total. The fourth-order valence-electron chi connectivity index (χ4n) is 5.53. The molecule has 0 saturated heterocycles. The van der Waals surface area contributed by atoms with Crippen molar-refractivity contribution in [3.05, 3.63) is 47.5 Å². The van der Waals surface area contributed by atoms with Gasteiger partial charge in [0.25, 0.3) is 0 Å². The van der Waals surface area contributed by atoms with Crippen LogP contribution >= 0.6 is 0 Å². The average Bonchev–Trinajstić information content (AvgIpc) is 3.03. The van der Waals surface area contributed by atoms with Gasteiger partial charge in [0.05, 0.1) is 13.2 Å². The van der Waals surface area contributed by atoms with Gasteiger partial charge in [-0.25, -0.2) is 0 Å². The Labute approximate surface area is 275 Å². The molecule has 0 amide bonds. The molecule has 0 aliphatic rings. The SMILES string of the molecule is CCCCCCC(=O)OC(COC)COc1c2ccc(C)cc2c(OCC(COC)OC(=O)CCCCCC)c2ccc(C)cc12. The minimum absolute atomic E-state index is 0.144. The Balaban J connectivity index is 1.89. The Bertz CT molecular complexity index is 1280. The number of rotatable bonds is 22. The van der Waals surface area contributed by atoms with Crippen LogP contribution in [0.3, 0.4) is 0 Å². The summed E-state index contributed by atoms with van der Waals surface area (Å²) in [6, 6.07) is 12.3. The highest BCUT2D eigenvalue weighted by atomic mass is 16.6. The zero-order valence-corrected chi connectivity index (χ0v) is 28.8. The van der Waals surface area contributed by atoms with E-state index in [9.17, 15) is 9.59 Å². The first-order valence-corrected chi connectivity index (χ1v) is 16.9. The quantitative estimate of drug-likeness (QED) is 0.0616. The molecule has 0 aliphatic carbocycles. The molecule has 0 spiro atoms. The van der Waals surface area contributed by atoms with Crippen LogP contribution in [0.15, 0.2) is 36.4 Å². The molecule has 2 atom stereocenters. The predicted molar refractivity (Wildman–Crippen MR) is 183 cm³/mol. The van der Waals surface area contributed by atoms with Crippen molar-refractivity contribution in [2.75, 3.05) is 40.6 Å². The maximum Gasteiger partial charge on any atom is 0.306 e. The summed E-state index contributed by atoms with van der Waals surface area (Å²) in [7, 11) is 3.18. The third kappa shape index (κ3) is 11.5. The number of aryl methyl sites for hydroxylation is 2. The maximum atomic E-state index is 12.6. The minimum atomic E-state index is -0.550. The van der Waals surface area contributed by atoms with Crippen molar-refractivity contribution in [2.45, 2.75) is 104 Å². The largest absolute Gasteiger partial charge is 0.488 e. The van der Waals surface area contributed by atoms with Crippen molar-refractivity contribution >= 4 is 33.5 Å². The lowest BCUT2D eigenvalue weighted by Gasteiger charge is -2.23. The topological polar surface area (TPSA) is 89.5 Å². The van der Waals surface area contributed by atoms with Gasteiger partial charge >= 0.3 is 11.9 Å². The van der Waals surface area contributed by atoms with Crippen LogP contribution in [-0.2, 0) is 28.5 Å². The first-order valence-electron chi connectivity index (χ1n) is 16.9. The molecule has 3 aromatic rings. The summed E-state index contributed by atoms with van der Waals surface area (Å²) >= 11 is 0. The standard InChI is InChI=1S/C38H54O8/c1-7-9-11-13-15-35(39)45-29(23-41-5)25-43-37-31-19-17-28(4)22-34(31)38(32-20-18-27(3)21-33(32)37)44-26-30(24-42-6)46-36(40)16-14-12-10-8-2/h17-22,29-30H,7-16,23-26H2,1-6H3. The van der Waals surface area contributed by atoms with E-state index in [1.165, 1.54) is 0 Å². The van der Waals surface area contributed by atoms with Gasteiger partial charge in [0.1, 0.15) is 24.7 Å². The molecule has 0 heterocycles. The summed E-state index contributed by atoms with van der Waals surface area (Å²) in [5.41, 5.74) is 2.13. The molecule has 8 nitrogen and oxygen atoms in total. The molecular weight excluding hydrogens is 584 g/mol. The van der Waals surface area contributed by atoms with Crippen LogP contribution in [-0.4, -0.2) is 64.8 Å². The molecule has 0 radical (unpaired) electrons. The molecule has 2 unspecified atom stereocenters. The van der Waals surface area contributed by atoms with E-state index in [1.807, 2.05) is 38.1 Å². The number of fused-ring (bicyclic) bond motifs is 2. The van der Waals surface area contributed by atoms with Crippen LogP contribution in [0.1, 0.15) is 89.2 Å². The molecule has 3 rings (SSSR count). The van der Waals surface area contributed by atoms with E-state index in [0.717, 1.165) is 84.0 Å². The monoisotopic (exact) mass is 638 g/mol. The number of hydrogen-bond donors (Lipinski definition) is 0. The van der Waals surface area contributed by atoms with E-state index in [2.05, 4.69) is 26.0 Å². The van der Waals surface area contributed by atoms with Crippen molar-refractivity contribution in [2.24, 2.45) is 0 Å². The fourth-order valence-corrected chi connectivity index (χ4v) is 5.53. The summed E-state index contributed by atoms with van der Waals surface area (Å²) < 4.78 is 35.3. The number of benzene rings is 3. The fraction of sp³-hybridized carbons (Fsp3) is 0.579. The Hall–Kier alpha value is -3.36. The van der Waals surface area contributed by atoms with E-state index in [1.54, 1.807) is 14.2 Å². The molecule has 3 aromatic carbocycles. The lowest BCUT2D eigenvalue weighted by atomic mass is 9.97. The van der Waals surface area contributed by atoms with Gasteiger partial charge in [-0.05, 0) is 38.8 Å². The molecule has 254 valence electrons. The van der Waals surface area contributed by atoms with Gasteiger partial charge in [0, 0.05) is 48.6 Å². The first-order chi connectivity index (χ1) is 22.3. The molecule has 8 heteroatoms. The third-order valence-corrected chi connectivity index (χ3v) is 7.93. The molecular formula is C38H54O8. The number of carbonyl (C=O) groups excluding carboxylic acids is 2. The highest BCUT2D eigenvalue weighted by Crippen LogP contribution is 2.43. The molecule has 46 heavy (non-hydrogen) atoms. The van der Waals surface area contributed by atoms with E-state index in [0.29, 0.717) is 24.3 Å². The first kappa shape index (κ1) is 37.1. The van der Waals surface area contributed by atoms with Gasteiger partial charge in [-0.2, -0.15) is 0 Å². The van der Waals surface area contributed by atoms with Crippen molar-refractivity contribution in [1.29, 1.82) is 0 Å². The van der Waals surface area contributed by atoms with Crippen LogP contribution in [0, 0.1) is 13.8 Å². The second kappa shape index (κ2) is 20.0. The van der Waals surface area contributed by atoms with Crippen molar-refractivity contribution in [3.8, 4) is 11.5 Å². The van der Waals surface area contributed by atoms with Gasteiger partial charge in [0.2, 0.25) is 0 Å². The Morgan fingerprint density at radius 2 is 0.978 bits per heavy atom. The van der Waals surface area contributed by atoms with Crippen molar-refractivity contribution < 1.29 is 38.0 Å². The normalized spacial score (nSPS) is 12.7. The van der Waals surface area contributed by atoms with Gasteiger partial charge in [-0.1, -0.05) is 87.8 Å². The number of unbranched alkanes of at least 4 members (excludes halogenated alkanes) is 6. The molecule has 0 aliphatic heterocycles. The Morgan fingerprint density at radius 3 is 1.35 bits per heavy atom. The second-order valence-electron chi connectivity index (χ2n) is 12.1. The summed E-state index contributed by atoms with van der Waals surface area (Å²) in [6.07, 6.45) is 7.74. The second-order valence-corrected chi connectivity index (χ2v) is 12.1. The third-order valence-electron chi connectivity index (χ3n) is 7.93. The van der Waals surface area contributed by atoms with Crippen LogP contribution in [0.5, 0.6) is 11.5 Å². The van der Waals surface area contributed by atoms with Gasteiger partial charge in [-0.15, -0.1) is 0 Å². The minimum Gasteiger partial charge on any atom is -0.488 e. The molecule has 0 bridgehead atoms. The van der Waals surface area contributed by atoms with E-state index in [4.69, 9.17) is 28.4 Å². The van der Waals surface area contributed by atoms with Crippen molar-refractivity contribution in [1.82, 2.24) is 0 Å². The van der Waals surface area contributed by atoms with Crippen LogP contribution in [0.2, 0.25) is 0 Å². The Morgan fingerprint density at radius 1 is 0.565 bits per heavy atom.